The Morgan fingerprint density at radius 2 is 1.76 bits per heavy atom. The molecule has 0 fully saturated rings. The fourth-order valence-corrected chi connectivity index (χ4v) is 3.77. The normalized spacial score (nSPS) is 13.4. The number of aliphatic carboxylic acids is 1. The molecule has 1 atom stereocenters. The number of hydrogen-bond acceptors (Lipinski definition) is 5. The van der Waals surface area contributed by atoms with E-state index in [4.69, 9.17) is 4.74 Å². The number of imidazole rings is 1. The zero-order chi connectivity index (χ0) is 20.4. The first-order valence-corrected chi connectivity index (χ1v) is 9.32. The summed E-state index contributed by atoms with van der Waals surface area (Å²) in [6.07, 6.45) is 2.39. The first-order chi connectivity index (χ1) is 14.0. The van der Waals surface area contributed by atoms with Crippen LogP contribution in [0.5, 0.6) is 0 Å². The van der Waals surface area contributed by atoms with Crippen molar-refractivity contribution in [3.8, 4) is 11.1 Å². The molecule has 1 amide bonds. The fourth-order valence-electron chi connectivity index (χ4n) is 3.77. The molecule has 1 N–H and O–H groups in total. The van der Waals surface area contributed by atoms with Crippen molar-refractivity contribution in [3.05, 3.63) is 77.9 Å². The van der Waals surface area contributed by atoms with E-state index in [9.17, 15) is 14.7 Å². The standard InChI is InChI=1S/C22H21N3O4/c1-25-13-23-11-14(25)10-20(21(26)27)24-22(28)29-12-19-17-8-4-2-6-15(17)16-7-3-5-9-18(16)19/h2-9,11,13,19-20H,10,12H2,1H3,(H,24,28)(H,26,27)/p-1/t20-/m0/s1. The van der Waals surface area contributed by atoms with Gasteiger partial charge < -0.3 is 24.5 Å². The monoisotopic (exact) mass is 390 g/mol. The largest absolute Gasteiger partial charge is 0.548 e. The average molecular weight is 390 g/mol. The molecular formula is C22H20N3O4-. The van der Waals surface area contributed by atoms with Crippen LogP contribution in [0.2, 0.25) is 0 Å². The third kappa shape index (κ3) is 3.71. The molecule has 4 rings (SSSR count). The van der Waals surface area contributed by atoms with Gasteiger partial charge in [0, 0.05) is 31.3 Å². The highest BCUT2D eigenvalue weighted by atomic mass is 16.5. The lowest BCUT2D eigenvalue weighted by molar-refractivity contribution is -0.308. The summed E-state index contributed by atoms with van der Waals surface area (Å²) in [6.45, 7) is 0.116. The maximum absolute atomic E-state index is 12.3. The smallest absolute Gasteiger partial charge is 0.407 e. The molecule has 7 heteroatoms. The number of aryl methyl sites for hydroxylation is 1. The van der Waals surface area contributed by atoms with E-state index in [1.165, 1.54) is 0 Å². The number of carboxylic acids is 1. The second-order valence-electron chi connectivity index (χ2n) is 7.04. The minimum Gasteiger partial charge on any atom is -0.548 e. The van der Waals surface area contributed by atoms with Crippen molar-refractivity contribution < 1.29 is 19.4 Å². The van der Waals surface area contributed by atoms with E-state index >= 15 is 0 Å². The van der Waals surface area contributed by atoms with Crippen molar-refractivity contribution >= 4 is 12.1 Å². The number of carboxylic acid groups (broad SMARTS) is 1. The Kier molecular flexibility index (Phi) is 5.03. The number of alkyl carbamates (subject to hydrolysis) is 1. The third-order valence-corrected chi connectivity index (χ3v) is 5.25. The van der Waals surface area contributed by atoms with E-state index in [0.717, 1.165) is 22.3 Å². The van der Waals surface area contributed by atoms with E-state index in [-0.39, 0.29) is 18.9 Å². The Bertz CT molecular complexity index is 1010. The summed E-state index contributed by atoms with van der Waals surface area (Å²) in [5, 5.41) is 13.8. The van der Waals surface area contributed by atoms with E-state index in [0.29, 0.717) is 5.69 Å². The molecule has 3 aromatic rings. The quantitative estimate of drug-likeness (QED) is 0.690. The molecule has 0 spiro atoms. The summed E-state index contributed by atoms with van der Waals surface area (Å²) in [5.74, 6) is -1.47. The lowest BCUT2D eigenvalue weighted by atomic mass is 9.98. The molecule has 0 saturated heterocycles. The van der Waals surface area contributed by atoms with Crippen molar-refractivity contribution in [3.63, 3.8) is 0 Å². The summed E-state index contributed by atoms with van der Waals surface area (Å²) >= 11 is 0. The van der Waals surface area contributed by atoms with Crippen LogP contribution in [0.1, 0.15) is 22.7 Å². The molecule has 0 aliphatic heterocycles. The zero-order valence-corrected chi connectivity index (χ0v) is 15.9. The van der Waals surface area contributed by atoms with Crippen LogP contribution in [0.4, 0.5) is 4.79 Å². The number of carbonyl (C=O) groups is 2. The highest BCUT2D eigenvalue weighted by Gasteiger charge is 2.29. The van der Waals surface area contributed by atoms with Crippen LogP contribution in [-0.4, -0.2) is 34.3 Å². The topological polar surface area (TPSA) is 96.3 Å². The second kappa shape index (κ2) is 7.79. The van der Waals surface area contributed by atoms with Crippen LogP contribution in [0.25, 0.3) is 11.1 Å². The molecular weight excluding hydrogens is 370 g/mol. The molecule has 0 radical (unpaired) electrons. The zero-order valence-electron chi connectivity index (χ0n) is 15.9. The number of fused-ring (bicyclic) bond motifs is 3. The van der Waals surface area contributed by atoms with Crippen molar-refractivity contribution in [1.29, 1.82) is 0 Å². The summed E-state index contributed by atoms with van der Waals surface area (Å²) in [7, 11) is 1.75. The van der Waals surface area contributed by atoms with Gasteiger partial charge in [0.15, 0.2) is 0 Å². The van der Waals surface area contributed by atoms with E-state index in [2.05, 4.69) is 10.3 Å². The van der Waals surface area contributed by atoms with Gasteiger partial charge in [-0.1, -0.05) is 48.5 Å². The van der Waals surface area contributed by atoms with Crippen LogP contribution < -0.4 is 10.4 Å². The van der Waals surface area contributed by atoms with Crippen LogP contribution in [0.3, 0.4) is 0 Å². The molecule has 0 unspecified atom stereocenters. The van der Waals surface area contributed by atoms with Crippen molar-refractivity contribution in [1.82, 2.24) is 14.9 Å². The molecule has 1 aliphatic rings. The lowest BCUT2D eigenvalue weighted by Gasteiger charge is -2.20. The Labute approximate surface area is 168 Å². The van der Waals surface area contributed by atoms with Crippen molar-refractivity contribution in [2.24, 2.45) is 7.05 Å². The predicted molar refractivity (Wildman–Crippen MR) is 104 cm³/mol. The molecule has 1 aliphatic carbocycles. The number of benzene rings is 2. The predicted octanol–water partition coefficient (Wildman–Crippen LogP) is 1.62. The summed E-state index contributed by atoms with van der Waals surface area (Å²) in [4.78, 5) is 27.7. The molecule has 29 heavy (non-hydrogen) atoms. The molecule has 2 aromatic carbocycles. The van der Waals surface area contributed by atoms with Gasteiger partial charge in [0.25, 0.3) is 0 Å². The molecule has 0 saturated carbocycles. The molecule has 0 bridgehead atoms. The van der Waals surface area contributed by atoms with Gasteiger partial charge in [-0.3, -0.25) is 0 Å². The van der Waals surface area contributed by atoms with E-state index in [1.54, 1.807) is 24.1 Å². The lowest BCUT2D eigenvalue weighted by Crippen LogP contribution is -2.49. The fraction of sp³-hybridized carbons (Fsp3) is 0.227. The highest BCUT2D eigenvalue weighted by molar-refractivity contribution is 5.80. The van der Waals surface area contributed by atoms with Crippen LogP contribution in [-0.2, 0) is 23.0 Å². The van der Waals surface area contributed by atoms with Gasteiger partial charge in [-0.2, -0.15) is 0 Å². The minimum atomic E-state index is -1.38. The number of amides is 1. The summed E-state index contributed by atoms with van der Waals surface area (Å²) in [5.41, 5.74) is 5.10. The molecule has 148 valence electrons. The number of ether oxygens (including phenoxy) is 1. The number of hydrogen-bond donors (Lipinski definition) is 1. The van der Waals surface area contributed by atoms with Crippen LogP contribution in [0.15, 0.2) is 61.1 Å². The Balaban J connectivity index is 1.44. The number of rotatable bonds is 6. The summed E-state index contributed by atoms with van der Waals surface area (Å²) in [6, 6.07) is 14.8. The number of aromatic nitrogens is 2. The molecule has 1 heterocycles. The molecule has 1 aromatic heterocycles. The number of nitrogens with one attached hydrogen (secondary N) is 1. The SMILES string of the molecule is Cn1cncc1C[C@H](NC(=O)OCC1c2ccccc2-c2ccccc21)C(=O)[O-]. The first-order valence-electron chi connectivity index (χ1n) is 9.32. The minimum absolute atomic E-state index is 0.0586. The van der Waals surface area contributed by atoms with Gasteiger partial charge in [-0.15, -0.1) is 0 Å². The highest BCUT2D eigenvalue weighted by Crippen LogP contribution is 2.44. The van der Waals surface area contributed by atoms with Gasteiger partial charge in [0.1, 0.15) is 6.61 Å². The van der Waals surface area contributed by atoms with Gasteiger partial charge in [0.2, 0.25) is 0 Å². The number of carbonyl (C=O) groups excluding carboxylic acids is 2. The van der Waals surface area contributed by atoms with Gasteiger partial charge >= 0.3 is 6.09 Å². The van der Waals surface area contributed by atoms with Crippen molar-refractivity contribution in [2.75, 3.05) is 6.61 Å². The average Bonchev–Trinajstić information content (AvgIpc) is 3.27. The van der Waals surface area contributed by atoms with Gasteiger partial charge in [0.05, 0.1) is 18.3 Å². The second-order valence-corrected chi connectivity index (χ2v) is 7.04. The van der Waals surface area contributed by atoms with E-state index < -0.39 is 18.1 Å². The van der Waals surface area contributed by atoms with Crippen LogP contribution in [0, 0.1) is 0 Å². The first kappa shape index (κ1) is 18.7. The van der Waals surface area contributed by atoms with Gasteiger partial charge in [-0.05, 0) is 22.3 Å². The third-order valence-electron chi connectivity index (χ3n) is 5.25. The Hall–Kier alpha value is -3.61. The Morgan fingerprint density at radius 3 is 2.31 bits per heavy atom. The van der Waals surface area contributed by atoms with Crippen molar-refractivity contribution in [2.45, 2.75) is 18.4 Å². The maximum atomic E-state index is 12.3. The number of nitrogens with zero attached hydrogens (tertiary/aromatic N) is 2. The maximum Gasteiger partial charge on any atom is 0.407 e. The summed E-state index contributed by atoms with van der Waals surface area (Å²) < 4.78 is 7.10. The van der Waals surface area contributed by atoms with E-state index in [1.807, 2.05) is 48.5 Å². The molecule has 7 nitrogen and oxygen atoms in total. The Morgan fingerprint density at radius 1 is 1.14 bits per heavy atom. The van der Waals surface area contributed by atoms with Crippen LogP contribution >= 0.6 is 0 Å². The van der Waals surface area contributed by atoms with Gasteiger partial charge in [-0.25, -0.2) is 9.78 Å².